The Morgan fingerprint density at radius 2 is 1.55 bits per heavy atom. The van der Waals surface area contributed by atoms with Crippen LogP contribution in [0, 0.1) is 0 Å². The Bertz CT molecular complexity index is 626. The van der Waals surface area contributed by atoms with Crippen LogP contribution >= 0.6 is 15.9 Å². The van der Waals surface area contributed by atoms with Crippen LogP contribution in [0.2, 0.25) is 0 Å². The molecule has 0 radical (unpaired) electrons. The van der Waals surface area contributed by atoms with Crippen LogP contribution in [-0.4, -0.2) is 26.4 Å². The quantitative estimate of drug-likeness (QED) is 0.919. The van der Waals surface area contributed by atoms with Crippen LogP contribution in [0.5, 0.6) is 23.0 Å². The number of para-hydroxylation sites is 1. The summed E-state index contributed by atoms with van der Waals surface area (Å²) in [7, 11) is 4.67. The third-order valence-corrected chi connectivity index (χ3v) is 3.75. The average molecular weight is 339 g/mol. The van der Waals surface area contributed by atoms with Crippen LogP contribution in [-0.2, 0) is 0 Å². The zero-order valence-electron chi connectivity index (χ0n) is 11.4. The van der Waals surface area contributed by atoms with Crippen molar-refractivity contribution in [2.45, 2.75) is 0 Å². The summed E-state index contributed by atoms with van der Waals surface area (Å²) in [6.07, 6.45) is 0. The molecule has 2 aromatic carbocycles. The molecule has 0 saturated carbocycles. The molecule has 2 aromatic rings. The molecule has 0 aliphatic carbocycles. The number of hydrogen-bond donors (Lipinski definition) is 1. The number of aromatic hydroxyl groups is 1. The average Bonchev–Trinajstić information content (AvgIpc) is 2.47. The first-order valence-corrected chi connectivity index (χ1v) is 6.70. The molecular formula is C15H15BrO4. The predicted molar refractivity (Wildman–Crippen MR) is 80.9 cm³/mol. The maximum atomic E-state index is 10.3. The van der Waals surface area contributed by atoms with Crippen LogP contribution in [0.1, 0.15) is 0 Å². The highest BCUT2D eigenvalue weighted by Gasteiger charge is 2.18. The highest BCUT2D eigenvalue weighted by molar-refractivity contribution is 9.10. The number of halogens is 1. The van der Waals surface area contributed by atoms with Crippen molar-refractivity contribution < 1.29 is 19.3 Å². The van der Waals surface area contributed by atoms with E-state index in [9.17, 15) is 5.11 Å². The van der Waals surface area contributed by atoms with Crippen LogP contribution in [0.25, 0.3) is 11.1 Å². The van der Waals surface area contributed by atoms with Gasteiger partial charge in [0.15, 0.2) is 11.5 Å². The van der Waals surface area contributed by atoms with Gasteiger partial charge < -0.3 is 19.3 Å². The second-order valence-electron chi connectivity index (χ2n) is 4.02. The molecule has 0 aromatic heterocycles. The molecule has 0 heterocycles. The van der Waals surface area contributed by atoms with Gasteiger partial charge in [0, 0.05) is 11.1 Å². The molecule has 0 fully saturated rings. The maximum Gasteiger partial charge on any atom is 0.165 e. The van der Waals surface area contributed by atoms with Crippen molar-refractivity contribution in [3.8, 4) is 34.1 Å². The van der Waals surface area contributed by atoms with E-state index in [0.717, 1.165) is 5.56 Å². The molecule has 0 atom stereocenters. The smallest absolute Gasteiger partial charge is 0.165 e. The SMILES string of the molecule is COc1cccc(-c2ccc(OC)c(Br)c2OC)c1O. The van der Waals surface area contributed by atoms with Gasteiger partial charge in [-0.25, -0.2) is 0 Å². The van der Waals surface area contributed by atoms with E-state index in [2.05, 4.69) is 15.9 Å². The first-order valence-electron chi connectivity index (χ1n) is 5.90. The maximum absolute atomic E-state index is 10.3. The second-order valence-corrected chi connectivity index (χ2v) is 4.81. The van der Waals surface area contributed by atoms with Crippen molar-refractivity contribution in [2.24, 2.45) is 0 Å². The Labute approximate surface area is 126 Å². The molecule has 0 unspecified atom stereocenters. The van der Waals surface area contributed by atoms with Crippen molar-refractivity contribution in [2.75, 3.05) is 21.3 Å². The number of phenols is 1. The topological polar surface area (TPSA) is 47.9 Å². The Balaban J connectivity index is 2.67. The second kappa shape index (κ2) is 6.05. The van der Waals surface area contributed by atoms with Gasteiger partial charge in [-0.05, 0) is 34.1 Å². The summed E-state index contributed by atoms with van der Waals surface area (Å²) in [6, 6.07) is 8.95. The van der Waals surface area contributed by atoms with Gasteiger partial charge in [-0.1, -0.05) is 12.1 Å². The van der Waals surface area contributed by atoms with Crippen molar-refractivity contribution in [1.29, 1.82) is 0 Å². The molecule has 0 saturated heterocycles. The first kappa shape index (κ1) is 14.5. The van der Waals surface area contributed by atoms with Gasteiger partial charge in [-0.2, -0.15) is 0 Å². The van der Waals surface area contributed by atoms with Gasteiger partial charge >= 0.3 is 0 Å². The summed E-state index contributed by atoms with van der Waals surface area (Å²) in [5.41, 5.74) is 1.38. The van der Waals surface area contributed by atoms with Gasteiger partial charge in [0.1, 0.15) is 16.0 Å². The van der Waals surface area contributed by atoms with Crippen molar-refractivity contribution >= 4 is 15.9 Å². The van der Waals surface area contributed by atoms with Crippen molar-refractivity contribution in [3.63, 3.8) is 0 Å². The van der Waals surface area contributed by atoms with Crippen molar-refractivity contribution in [1.82, 2.24) is 0 Å². The van der Waals surface area contributed by atoms with E-state index in [1.807, 2.05) is 12.1 Å². The molecule has 2 rings (SSSR count). The third-order valence-electron chi connectivity index (χ3n) is 2.99. The summed E-state index contributed by atoms with van der Waals surface area (Å²) >= 11 is 3.45. The molecule has 0 amide bonds. The Morgan fingerprint density at radius 3 is 2.15 bits per heavy atom. The number of methoxy groups -OCH3 is 3. The molecule has 0 bridgehead atoms. The Hall–Kier alpha value is -1.88. The number of hydrogen-bond acceptors (Lipinski definition) is 4. The van der Waals surface area contributed by atoms with Crippen molar-refractivity contribution in [3.05, 3.63) is 34.8 Å². The predicted octanol–water partition coefficient (Wildman–Crippen LogP) is 3.85. The molecule has 0 spiro atoms. The zero-order chi connectivity index (χ0) is 14.7. The lowest BCUT2D eigenvalue weighted by molar-refractivity contribution is 0.373. The van der Waals surface area contributed by atoms with Crippen LogP contribution in [0.3, 0.4) is 0 Å². The van der Waals surface area contributed by atoms with Gasteiger partial charge in [-0.15, -0.1) is 0 Å². The Morgan fingerprint density at radius 1 is 0.850 bits per heavy atom. The lowest BCUT2D eigenvalue weighted by atomic mass is 10.0. The molecule has 106 valence electrons. The molecule has 20 heavy (non-hydrogen) atoms. The monoisotopic (exact) mass is 338 g/mol. The van der Waals surface area contributed by atoms with Gasteiger partial charge in [-0.3, -0.25) is 0 Å². The van der Waals surface area contributed by atoms with Crippen LogP contribution in [0.4, 0.5) is 0 Å². The van der Waals surface area contributed by atoms with E-state index >= 15 is 0 Å². The summed E-state index contributed by atoms with van der Waals surface area (Å²) in [6.45, 7) is 0. The third kappa shape index (κ3) is 2.41. The van der Waals surface area contributed by atoms with Gasteiger partial charge in [0.2, 0.25) is 0 Å². The van der Waals surface area contributed by atoms with E-state index in [1.54, 1.807) is 32.4 Å². The molecule has 5 heteroatoms. The minimum atomic E-state index is 0.0744. The minimum absolute atomic E-state index is 0.0744. The first-order chi connectivity index (χ1) is 9.63. The van der Waals surface area contributed by atoms with E-state index in [4.69, 9.17) is 14.2 Å². The lowest BCUT2D eigenvalue weighted by Crippen LogP contribution is -1.94. The summed E-state index contributed by atoms with van der Waals surface area (Å²) in [5.74, 6) is 1.74. The summed E-state index contributed by atoms with van der Waals surface area (Å²) in [4.78, 5) is 0. The highest BCUT2D eigenvalue weighted by Crippen LogP contribution is 2.46. The molecule has 1 N–H and O–H groups in total. The normalized spacial score (nSPS) is 10.2. The Kier molecular flexibility index (Phi) is 4.39. The van der Waals surface area contributed by atoms with E-state index in [-0.39, 0.29) is 5.75 Å². The summed E-state index contributed by atoms with van der Waals surface area (Å²) in [5, 5.41) is 10.3. The lowest BCUT2D eigenvalue weighted by Gasteiger charge is -2.15. The van der Waals surface area contributed by atoms with E-state index in [0.29, 0.717) is 27.3 Å². The standard InChI is InChI=1S/C15H15BrO4/c1-18-11-8-7-10(15(20-3)13(11)16)9-5-4-6-12(19-2)14(9)17/h4-8,17H,1-3H3. The van der Waals surface area contributed by atoms with E-state index < -0.39 is 0 Å². The number of benzene rings is 2. The minimum Gasteiger partial charge on any atom is -0.504 e. The fourth-order valence-electron chi connectivity index (χ4n) is 2.01. The van der Waals surface area contributed by atoms with Crippen LogP contribution < -0.4 is 14.2 Å². The van der Waals surface area contributed by atoms with Crippen LogP contribution in [0.15, 0.2) is 34.8 Å². The summed E-state index contributed by atoms with van der Waals surface area (Å²) < 4.78 is 16.5. The van der Waals surface area contributed by atoms with Gasteiger partial charge in [0.05, 0.1) is 21.3 Å². The number of rotatable bonds is 4. The molecular weight excluding hydrogens is 324 g/mol. The fourth-order valence-corrected chi connectivity index (χ4v) is 2.68. The zero-order valence-corrected chi connectivity index (χ0v) is 13.0. The molecule has 0 aliphatic rings. The number of ether oxygens (including phenoxy) is 3. The molecule has 4 nitrogen and oxygen atoms in total. The van der Waals surface area contributed by atoms with Gasteiger partial charge in [0.25, 0.3) is 0 Å². The fraction of sp³-hybridized carbons (Fsp3) is 0.200. The highest BCUT2D eigenvalue weighted by atomic mass is 79.9. The molecule has 0 aliphatic heterocycles. The van der Waals surface area contributed by atoms with E-state index in [1.165, 1.54) is 7.11 Å². The largest absolute Gasteiger partial charge is 0.504 e. The number of phenolic OH excluding ortho intramolecular Hbond substituents is 1.